The number of hydrogen-bond acceptors (Lipinski definition) is 4. The van der Waals surface area contributed by atoms with Crippen LogP contribution in [-0.2, 0) is 14.3 Å². The first kappa shape index (κ1) is 22.0. The summed E-state index contributed by atoms with van der Waals surface area (Å²) in [6.07, 6.45) is -12.8. The molecule has 28 heavy (non-hydrogen) atoms. The number of alkyl halides is 6. The minimum absolute atomic E-state index is 0.205. The van der Waals surface area contributed by atoms with Gasteiger partial charge in [-0.1, -0.05) is 30.3 Å². The zero-order valence-electron chi connectivity index (χ0n) is 14.9. The van der Waals surface area contributed by atoms with Crippen LogP contribution in [-0.4, -0.2) is 47.9 Å². The number of rotatable bonds is 5. The van der Waals surface area contributed by atoms with Crippen LogP contribution in [0.15, 0.2) is 30.3 Å². The zero-order valence-corrected chi connectivity index (χ0v) is 14.9. The second kappa shape index (κ2) is 7.61. The van der Waals surface area contributed by atoms with Crippen LogP contribution < -0.4 is 5.32 Å². The average molecular weight is 412 g/mol. The molecule has 5 nitrogen and oxygen atoms in total. The molecule has 1 saturated heterocycles. The minimum atomic E-state index is -5.89. The summed E-state index contributed by atoms with van der Waals surface area (Å²) in [6.45, 7) is 1.67. The van der Waals surface area contributed by atoms with Crippen molar-refractivity contribution in [3.63, 3.8) is 0 Å². The van der Waals surface area contributed by atoms with Crippen molar-refractivity contribution in [3.8, 4) is 0 Å². The van der Waals surface area contributed by atoms with Crippen molar-refractivity contribution in [1.29, 1.82) is 0 Å². The predicted molar refractivity (Wildman–Crippen MR) is 84.7 cm³/mol. The third-order valence-electron chi connectivity index (χ3n) is 4.57. The van der Waals surface area contributed by atoms with Crippen molar-refractivity contribution in [2.24, 2.45) is 0 Å². The molecule has 2 atom stereocenters. The Hall–Kier alpha value is -2.30. The van der Waals surface area contributed by atoms with Gasteiger partial charge in [0.25, 0.3) is 0 Å². The summed E-state index contributed by atoms with van der Waals surface area (Å²) in [5.41, 5.74) is -3.96. The molecule has 1 aliphatic heterocycles. The molecule has 0 spiro atoms. The second-order valence-corrected chi connectivity index (χ2v) is 6.43. The molecule has 0 unspecified atom stereocenters. The predicted octanol–water partition coefficient (Wildman–Crippen LogP) is 3.32. The number of halogens is 6. The lowest BCUT2D eigenvalue weighted by molar-refractivity contribution is -0.398. The first-order valence-corrected chi connectivity index (χ1v) is 8.25. The smallest absolute Gasteiger partial charge is 0.423 e. The van der Waals surface area contributed by atoms with Crippen molar-refractivity contribution >= 4 is 11.9 Å². The first-order chi connectivity index (χ1) is 12.8. The minimum Gasteiger partial charge on any atom is -0.423 e. The molecule has 1 aromatic carbocycles. The van der Waals surface area contributed by atoms with E-state index in [1.807, 2.05) is 0 Å². The molecular weight excluding hydrogens is 394 g/mol. The monoisotopic (exact) mass is 412 g/mol. The molecule has 156 valence electrons. The van der Waals surface area contributed by atoms with Gasteiger partial charge in [0.2, 0.25) is 5.91 Å². The van der Waals surface area contributed by atoms with Crippen LogP contribution in [0.1, 0.15) is 31.4 Å². The topological polar surface area (TPSA) is 58.6 Å². The second-order valence-electron chi connectivity index (χ2n) is 6.43. The van der Waals surface area contributed by atoms with Crippen LogP contribution in [0.3, 0.4) is 0 Å². The number of carbonyl (C=O) groups excluding carboxylic acids is 2. The molecule has 1 amide bonds. The average Bonchev–Trinajstić information content (AvgIpc) is 2.85. The Morgan fingerprint density at radius 3 is 2.18 bits per heavy atom. The van der Waals surface area contributed by atoms with Gasteiger partial charge in [0.1, 0.15) is 6.04 Å². The fraction of sp³-hybridized carbons (Fsp3) is 0.529. The highest BCUT2D eigenvalue weighted by Gasteiger charge is 2.80. The van der Waals surface area contributed by atoms with Crippen molar-refractivity contribution in [1.82, 2.24) is 10.2 Å². The first-order valence-electron chi connectivity index (χ1n) is 8.25. The quantitative estimate of drug-likeness (QED) is 0.596. The van der Waals surface area contributed by atoms with E-state index >= 15 is 0 Å². The van der Waals surface area contributed by atoms with Gasteiger partial charge in [-0.3, -0.25) is 9.59 Å². The highest BCUT2D eigenvalue weighted by molar-refractivity contribution is 5.81. The van der Waals surface area contributed by atoms with Crippen molar-refractivity contribution < 1.29 is 40.7 Å². The fourth-order valence-corrected chi connectivity index (χ4v) is 3.06. The number of esters is 1. The maximum atomic E-state index is 13.1. The Morgan fingerprint density at radius 2 is 1.71 bits per heavy atom. The van der Waals surface area contributed by atoms with Crippen LogP contribution in [0, 0.1) is 0 Å². The molecule has 1 aliphatic rings. The van der Waals surface area contributed by atoms with Crippen LogP contribution in [0.4, 0.5) is 26.3 Å². The van der Waals surface area contributed by atoms with E-state index in [9.17, 15) is 35.9 Å². The van der Waals surface area contributed by atoms with E-state index < -0.39 is 54.9 Å². The van der Waals surface area contributed by atoms with Gasteiger partial charge in [-0.05, 0) is 26.0 Å². The number of hydrogen-bond donors (Lipinski definition) is 1. The zero-order chi connectivity index (χ0) is 21.3. The summed E-state index contributed by atoms with van der Waals surface area (Å²) < 4.78 is 82.7. The molecular formula is C17H18F6N2O3. The summed E-state index contributed by atoms with van der Waals surface area (Å²) in [5, 5.41) is 2.58. The molecule has 1 N–H and O–H groups in total. The number of cyclic esters (lactones) is 1. The van der Waals surface area contributed by atoms with Gasteiger partial charge >= 0.3 is 24.0 Å². The molecule has 0 saturated carbocycles. The van der Waals surface area contributed by atoms with Crippen LogP contribution >= 0.6 is 0 Å². The SMILES string of the molecule is C[C@@H](NC(=O)CC[C@H]1C(=O)OC(C(F)(F)F)(C(F)(F)F)N1C)c1ccccc1. The number of nitrogens with one attached hydrogen (secondary N) is 1. The van der Waals surface area contributed by atoms with Gasteiger partial charge in [0, 0.05) is 6.42 Å². The molecule has 0 radical (unpaired) electrons. The summed E-state index contributed by atoms with van der Waals surface area (Å²) in [5.74, 6) is -2.30. The number of ether oxygens (including phenoxy) is 1. The van der Waals surface area contributed by atoms with Gasteiger partial charge in [-0.2, -0.15) is 26.3 Å². The number of carbonyl (C=O) groups is 2. The highest BCUT2D eigenvalue weighted by atomic mass is 19.4. The van der Waals surface area contributed by atoms with E-state index in [-0.39, 0.29) is 4.90 Å². The summed E-state index contributed by atoms with van der Waals surface area (Å²) in [7, 11) is 0.501. The van der Waals surface area contributed by atoms with Gasteiger partial charge in [0.15, 0.2) is 0 Å². The molecule has 1 heterocycles. The summed E-state index contributed by atoms with van der Waals surface area (Å²) in [6, 6.07) is 6.47. The van der Waals surface area contributed by atoms with Gasteiger partial charge in [-0.25, -0.2) is 4.90 Å². The fourth-order valence-electron chi connectivity index (χ4n) is 3.06. The third kappa shape index (κ3) is 3.94. The summed E-state index contributed by atoms with van der Waals surface area (Å²) in [4.78, 5) is 23.6. The highest BCUT2D eigenvalue weighted by Crippen LogP contribution is 2.51. The molecule has 1 aromatic rings. The number of nitrogens with zero attached hydrogens (tertiary/aromatic N) is 1. The molecule has 0 bridgehead atoms. The van der Waals surface area contributed by atoms with E-state index in [0.29, 0.717) is 7.05 Å². The standard InChI is InChI=1S/C17H18F6N2O3/c1-10(11-6-4-3-5-7-11)24-13(26)9-8-12-14(27)28-15(25(12)2,16(18,19)20)17(21,22)23/h3-7,10,12H,8-9H2,1-2H3,(H,24,26)/t10-,12+/m1/s1. The van der Waals surface area contributed by atoms with Crippen molar-refractivity contribution in [2.75, 3.05) is 7.05 Å². The Morgan fingerprint density at radius 1 is 1.18 bits per heavy atom. The lowest BCUT2D eigenvalue weighted by Crippen LogP contribution is -2.65. The van der Waals surface area contributed by atoms with Crippen LogP contribution in [0.25, 0.3) is 0 Å². The lowest BCUT2D eigenvalue weighted by Gasteiger charge is -2.37. The Balaban J connectivity index is 2.06. The van der Waals surface area contributed by atoms with Crippen molar-refractivity contribution in [2.45, 2.75) is 49.9 Å². The Bertz CT molecular complexity index is 706. The molecule has 11 heteroatoms. The molecule has 1 fully saturated rings. The number of amides is 1. The lowest BCUT2D eigenvalue weighted by atomic mass is 10.1. The van der Waals surface area contributed by atoms with Crippen molar-refractivity contribution in [3.05, 3.63) is 35.9 Å². The van der Waals surface area contributed by atoms with Crippen LogP contribution in [0.2, 0.25) is 0 Å². The molecule has 0 aromatic heterocycles. The van der Waals surface area contributed by atoms with Gasteiger partial charge in [0.05, 0.1) is 6.04 Å². The Labute approximate surface area is 156 Å². The van der Waals surface area contributed by atoms with Gasteiger partial charge < -0.3 is 10.1 Å². The third-order valence-corrected chi connectivity index (χ3v) is 4.57. The maximum absolute atomic E-state index is 13.1. The normalized spacial score (nSPS) is 21.3. The maximum Gasteiger partial charge on any atom is 0.453 e. The van der Waals surface area contributed by atoms with Gasteiger partial charge in [-0.15, -0.1) is 0 Å². The largest absolute Gasteiger partial charge is 0.453 e. The Kier molecular flexibility index (Phi) is 5.98. The molecule has 0 aliphatic carbocycles. The van der Waals surface area contributed by atoms with E-state index in [1.54, 1.807) is 37.3 Å². The van der Waals surface area contributed by atoms with E-state index in [2.05, 4.69) is 10.1 Å². The number of likely N-dealkylation sites (N-methyl/N-ethyl adjacent to an activating group) is 1. The van der Waals surface area contributed by atoms with Crippen LogP contribution in [0.5, 0.6) is 0 Å². The molecule has 2 rings (SSSR count). The van der Waals surface area contributed by atoms with E-state index in [4.69, 9.17) is 0 Å². The van der Waals surface area contributed by atoms with E-state index in [1.165, 1.54) is 0 Å². The van der Waals surface area contributed by atoms with E-state index in [0.717, 1.165) is 5.56 Å². The number of benzene rings is 1. The summed E-state index contributed by atoms with van der Waals surface area (Å²) >= 11 is 0.